The van der Waals surface area contributed by atoms with E-state index in [1.165, 1.54) is 5.56 Å². The predicted octanol–water partition coefficient (Wildman–Crippen LogP) is 2.17. The first-order valence-electron chi connectivity index (χ1n) is 8.43. The van der Waals surface area contributed by atoms with Crippen LogP contribution in [0.2, 0.25) is 0 Å². The summed E-state index contributed by atoms with van der Waals surface area (Å²) in [6.45, 7) is 2.54. The summed E-state index contributed by atoms with van der Waals surface area (Å²) in [7, 11) is 0. The standard InChI is InChI=1S/C18H25N3O2.ClH/c1-18(11-19,14-6-7-14)21-16(22)4-2-3-12-5-8-15-13(9-12)10-17(23)20-15;/h5,8-9,14H,2-4,6-7,10-11,19H2,1H3,(H,20,23)(H,21,22);1H. The lowest BCUT2D eigenvalue weighted by Gasteiger charge is -2.29. The molecule has 0 radical (unpaired) electrons. The van der Waals surface area contributed by atoms with Gasteiger partial charge in [0.15, 0.2) is 0 Å². The first-order valence-corrected chi connectivity index (χ1v) is 8.43. The van der Waals surface area contributed by atoms with E-state index < -0.39 is 0 Å². The number of nitrogens with two attached hydrogens (primary N) is 1. The van der Waals surface area contributed by atoms with Crippen molar-refractivity contribution < 1.29 is 9.59 Å². The van der Waals surface area contributed by atoms with Gasteiger partial charge in [0.2, 0.25) is 11.8 Å². The molecule has 4 N–H and O–H groups in total. The third-order valence-electron chi connectivity index (χ3n) is 4.99. The Morgan fingerprint density at radius 2 is 2.17 bits per heavy atom. The normalized spacial score (nSPS) is 18.2. The summed E-state index contributed by atoms with van der Waals surface area (Å²) in [6, 6.07) is 6.05. The van der Waals surface area contributed by atoms with E-state index in [0.29, 0.717) is 25.3 Å². The average molecular weight is 352 g/mol. The highest BCUT2D eigenvalue weighted by atomic mass is 35.5. The van der Waals surface area contributed by atoms with Gasteiger partial charge in [-0.15, -0.1) is 12.4 Å². The fraction of sp³-hybridized carbons (Fsp3) is 0.556. The molecule has 0 saturated heterocycles. The Hall–Kier alpha value is -1.59. The van der Waals surface area contributed by atoms with Gasteiger partial charge < -0.3 is 16.4 Å². The highest BCUT2D eigenvalue weighted by molar-refractivity contribution is 5.99. The maximum atomic E-state index is 12.1. The summed E-state index contributed by atoms with van der Waals surface area (Å²) in [5, 5.41) is 5.95. The molecule has 6 heteroatoms. The van der Waals surface area contributed by atoms with Crippen LogP contribution < -0.4 is 16.4 Å². The number of halogens is 1. The van der Waals surface area contributed by atoms with E-state index in [1.54, 1.807) is 0 Å². The molecule has 24 heavy (non-hydrogen) atoms. The number of amides is 2. The van der Waals surface area contributed by atoms with Gasteiger partial charge in [-0.05, 0) is 55.7 Å². The molecule has 0 spiro atoms. The van der Waals surface area contributed by atoms with Gasteiger partial charge >= 0.3 is 0 Å². The SMILES string of the molecule is CC(CN)(NC(=O)CCCc1ccc2c(c1)CC(=O)N2)C1CC1.Cl. The summed E-state index contributed by atoms with van der Waals surface area (Å²) in [4.78, 5) is 23.5. The third kappa shape index (κ3) is 4.28. The summed E-state index contributed by atoms with van der Waals surface area (Å²) in [6.07, 6.45) is 4.94. The van der Waals surface area contributed by atoms with Crippen molar-refractivity contribution in [3.05, 3.63) is 29.3 Å². The number of carbonyl (C=O) groups is 2. The van der Waals surface area contributed by atoms with Crippen LogP contribution in [0.15, 0.2) is 18.2 Å². The van der Waals surface area contributed by atoms with Gasteiger partial charge in [0, 0.05) is 18.7 Å². The zero-order chi connectivity index (χ0) is 16.4. The molecule has 1 unspecified atom stereocenters. The van der Waals surface area contributed by atoms with E-state index >= 15 is 0 Å². The Labute approximate surface area is 149 Å². The fourth-order valence-electron chi connectivity index (χ4n) is 3.31. The van der Waals surface area contributed by atoms with Gasteiger partial charge in [0.1, 0.15) is 0 Å². The number of rotatable bonds is 7. The Balaban J connectivity index is 0.00000208. The zero-order valence-electron chi connectivity index (χ0n) is 14.1. The Kier molecular flexibility index (Phi) is 5.88. The van der Waals surface area contributed by atoms with Crippen molar-refractivity contribution in [1.82, 2.24) is 5.32 Å². The van der Waals surface area contributed by atoms with Crippen LogP contribution in [0.25, 0.3) is 0 Å². The second-order valence-corrected chi connectivity index (χ2v) is 7.01. The Bertz CT molecular complexity index is 631. The molecule has 2 amide bonds. The number of aryl methyl sites for hydroxylation is 1. The van der Waals surface area contributed by atoms with Gasteiger partial charge in [-0.2, -0.15) is 0 Å². The monoisotopic (exact) mass is 351 g/mol. The van der Waals surface area contributed by atoms with Gasteiger partial charge in [0.05, 0.1) is 12.0 Å². The molecule has 1 saturated carbocycles. The van der Waals surface area contributed by atoms with Crippen LogP contribution >= 0.6 is 12.4 Å². The van der Waals surface area contributed by atoms with Crippen LogP contribution in [0.4, 0.5) is 5.69 Å². The number of benzene rings is 1. The number of hydrogen-bond acceptors (Lipinski definition) is 3. The molecule has 0 aromatic heterocycles. The molecule has 3 rings (SSSR count). The lowest BCUT2D eigenvalue weighted by atomic mass is 9.95. The molecule has 0 bridgehead atoms. The topological polar surface area (TPSA) is 84.2 Å². The molecule has 1 aromatic rings. The summed E-state index contributed by atoms with van der Waals surface area (Å²) in [5.74, 6) is 0.679. The maximum absolute atomic E-state index is 12.1. The van der Waals surface area contributed by atoms with E-state index in [1.807, 2.05) is 19.1 Å². The molecule has 1 atom stereocenters. The fourth-order valence-corrected chi connectivity index (χ4v) is 3.31. The van der Waals surface area contributed by atoms with Crippen LogP contribution in [-0.4, -0.2) is 23.9 Å². The predicted molar refractivity (Wildman–Crippen MR) is 97.3 cm³/mol. The molecule has 1 aromatic carbocycles. The summed E-state index contributed by atoms with van der Waals surface area (Å²) < 4.78 is 0. The Morgan fingerprint density at radius 1 is 1.42 bits per heavy atom. The number of carbonyl (C=O) groups excluding carboxylic acids is 2. The van der Waals surface area contributed by atoms with Crippen LogP contribution in [0.5, 0.6) is 0 Å². The van der Waals surface area contributed by atoms with Crippen molar-refractivity contribution in [2.24, 2.45) is 11.7 Å². The largest absolute Gasteiger partial charge is 0.349 e. The quantitative estimate of drug-likeness (QED) is 0.703. The lowest BCUT2D eigenvalue weighted by Crippen LogP contribution is -2.53. The molecule has 5 nitrogen and oxygen atoms in total. The van der Waals surface area contributed by atoms with Crippen molar-refractivity contribution in [1.29, 1.82) is 0 Å². The van der Waals surface area contributed by atoms with E-state index in [4.69, 9.17) is 5.73 Å². The van der Waals surface area contributed by atoms with E-state index in [9.17, 15) is 9.59 Å². The molecular weight excluding hydrogens is 326 g/mol. The molecule has 1 fully saturated rings. The van der Waals surface area contributed by atoms with Gasteiger partial charge in [-0.25, -0.2) is 0 Å². The highest BCUT2D eigenvalue weighted by Gasteiger charge is 2.41. The number of nitrogens with one attached hydrogen (secondary N) is 2. The van der Waals surface area contributed by atoms with Gasteiger partial charge in [-0.1, -0.05) is 12.1 Å². The lowest BCUT2D eigenvalue weighted by molar-refractivity contribution is -0.123. The van der Waals surface area contributed by atoms with Gasteiger partial charge in [0.25, 0.3) is 0 Å². The smallest absolute Gasteiger partial charge is 0.228 e. The van der Waals surface area contributed by atoms with Crippen molar-refractivity contribution in [2.45, 2.75) is 51.0 Å². The van der Waals surface area contributed by atoms with Crippen LogP contribution in [-0.2, 0) is 22.4 Å². The van der Waals surface area contributed by atoms with Crippen LogP contribution in [0.1, 0.15) is 43.7 Å². The van der Waals surface area contributed by atoms with Crippen molar-refractivity contribution in [3.8, 4) is 0 Å². The van der Waals surface area contributed by atoms with Crippen molar-refractivity contribution in [2.75, 3.05) is 11.9 Å². The van der Waals surface area contributed by atoms with E-state index in [2.05, 4.69) is 16.7 Å². The zero-order valence-corrected chi connectivity index (χ0v) is 14.9. The van der Waals surface area contributed by atoms with Crippen LogP contribution in [0.3, 0.4) is 0 Å². The molecule has 132 valence electrons. The number of anilines is 1. The van der Waals surface area contributed by atoms with Crippen molar-refractivity contribution in [3.63, 3.8) is 0 Å². The minimum absolute atomic E-state index is 0. The number of hydrogen-bond donors (Lipinski definition) is 3. The average Bonchev–Trinajstić information content (AvgIpc) is 3.29. The van der Waals surface area contributed by atoms with Gasteiger partial charge in [-0.3, -0.25) is 9.59 Å². The Morgan fingerprint density at radius 3 is 2.83 bits per heavy atom. The maximum Gasteiger partial charge on any atom is 0.228 e. The minimum Gasteiger partial charge on any atom is -0.349 e. The molecule has 1 heterocycles. The van der Waals surface area contributed by atoms with Crippen LogP contribution in [0, 0.1) is 5.92 Å². The molecule has 1 aliphatic heterocycles. The highest BCUT2D eigenvalue weighted by Crippen LogP contribution is 2.39. The second-order valence-electron chi connectivity index (χ2n) is 7.01. The van der Waals surface area contributed by atoms with Crippen molar-refractivity contribution >= 4 is 29.9 Å². The summed E-state index contributed by atoms with van der Waals surface area (Å²) >= 11 is 0. The second kappa shape index (κ2) is 7.53. The first kappa shape index (κ1) is 18.7. The number of fused-ring (bicyclic) bond motifs is 1. The first-order chi connectivity index (χ1) is 11.0. The summed E-state index contributed by atoms with van der Waals surface area (Å²) in [5.41, 5.74) is 8.74. The minimum atomic E-state index is -0.239. The molecule has 1 aliphatic carbocycles. The third-order valence-corrected chi connectivity index (χ3v) is 4.99. The van der Waals surface area contributed by atoms with E-state index in [0.717, 1.165) is 36.9 Å². The molecular formula is C18H26ClN3O2. The molecule has 2 aliphatic rings. The van der Waals surface area contributed by atoms with E-state index in [-0.39, 0.29) is 29.8 Å².